The lowest BCUT2D eigenvalue weighted by Gasteiger charge is -2.28. The van der Waals surface area contributed by atoms with Crippen LogP contribution in [0.1, 0.15) is 328 Å². The Kier molecular flexibility index (Phi) is 84.7. The van der Waals surface area contributed by atoms with Crippen molar-refractivity contribution in [3.8, 4) is 0 Å². The summed E-state index contributed by atoms with van der Waals surface area (Å²) in [7, 11) is -1.59. The highest BCUT2D eigenvalue weighted by Crippen LogP contribution is 2.25. The van der Waals surface area contributed by atoms with Crippen LogP contribution < -0.4 is 0 Å². The van der Waals surface area contributed by atoms with Crippen LogP contribution in [0, 0.1) is 0 Å². The Morgan fingerprint density at radius 3 is 0.378 bits per heavy atom. The number of hydrogen-bond acceptors (Lipinski definition) is 15. The summed E-state index contributed by atoms with van der Waals surface area (Å²) in [5.41, 5.74) is 0. The van der Waals surface area contributed by atoms with E-state index < -0.39 is 44.0 Å². The van der Waals surface area contributed by atoms with Crippen LogP contribution in [0.25, 0.3) is 0 Å². The van der Waals surface area contributed by atoms with E-state index in [0.29, 0.717) is 59.5 Å². The summed E-state index contributed by atoms with van der Waals surface area (Å²) >= 11 is 0. The molecule has 0 radical (unpaired) electrons. The van der Waals surface area contributed by atoms with Crippen LogP contribution in [0.4, 0.5) is 0 Å². The third-order valence-electron chi connectivity index (χ3n) is 15.8. The molecule has 550 valence electrons. The summed E-state index contributed by atoms with van der Waals surface area (Å²) in [6, 6.07) is 4.77. The summed E-state index contributed by atoms with van der Waals surface area (Å²) in [4.78, 5) is 0. The summed E-state index contributed by atoms with van der Waals surface area (Å²) in [5, 5.41) is 0. The van der Waals surface area contributed by atoms with Crippen molar-refractivity contribution in [2.45, 2.75) is 358 Å². The van der Waals surface area contributed by atoms with Crippen LogP contribution in [-0.2, 0) is 66.4 Å². The standard InChI is InChI=1S/C18H40O3Si.C15H34O3Si.C14H32O3Si.C12H28O3Si.C11H26O3Si/c1-5-9-10-11-12-13-14-15-16-17-18-22(19-6-2,20-7-3)21-8-4;1-5-6-7-8-9-10-11-12-13-14-15-19(16-2,17-3)18-4;1-5-9-10-11-12-13-14-18(15-6-2,16-7-3)17-8-4;1-5-9-10-11-12-16(13-6-2,14-7-3)15-8-4;1-5-6-7-8-9-10-11-15(12-2,13-3)14-4/h5-18H2,1-4H3;5-15H2,1-4H3;5-14H2,1-4H3;5-12H2,1-4H3;5-11H2,1-4H3. The molecule has 0 bridgehead atoms. The molecule has 0 unspecified atom stereocenters. The van der Waals surface area contributed by atoms with Crippen molar-refractivity contribution in [2.24, 2.45) is 0 Å². The van der Waals surface area contributed by atoms with Gasteiger partial charge in [0.2, 0.25) is 0 Å². The van der Waals surface area contributed by atoms with Crippen molar-refractivity contribution in [2.75, 3.05) is 102 Å². The summed E-state index contributed by atoms with van der Waals surface area (Å²) in [6.45, 7) is 35.5. The van der Waals surface area contributed by atoms with Crippen molar-refractivity contribution >= 4 is 44.0 Å². The molecule has 0 atom stereocenters. The zero-order valence-corrected chi connectivity index (χ0v) is 69.0. The van der Waals surface area contributed by atoms with Crippen molar-refractivity contribution in [1.29, 1.82) is 0 Å². The fourth-order valence-electron chi connectivity index (χ4n) is 10.8. The molecule has 90 heavy (non-hydrogen) atoms. The van der Waals surface area contributed by atoms with E-state index in [1.54, 1.807) is 42.7 Å². The fraction of sp³-hybridized carbons (Fsp3) is 1.00. The predicted molar refractivity (Wildman–Crippen MR) is 394 cm³/mol. The lowest BCUT2D eigenvalue weighted by Crippen LogP contribution is -2.45. The van der Waals surface area contributed by atoms with E-state index in [2.05, 4.69) is 34.6 Å². The normalized spacial score (nSPS) is 12.0. The molecular weight excluding hydrogens is 1220 g/mol. The van der Waals surface area contributed by atoms with E-state index in [9.17, 15) is 0 Å². The molecule has 0 aromatic rings. The van der Waals surface area contributed by atoms with Gasteiger partial charge in [-0.05, 0) is 94.4 Å². The third kappa shape index (κ3) is 60.9. The average Bonchev–Trinajstić information content (AvgIpc) is 2.21. The lowest BCUT2D eigenvalue weighted by molar-refractivity contribution is 0.0698. The Morgan fingerprint density at radius 1 is 0.144 bits per heavy atom. The van der Waals surface area contributed by atoms with Gasteiger partial charge in [0.25, 0.3) is 0 Å². The third-order valence-corrected chi connectivity index (χ3v) is 30.9. The first-order chi connectivity index (χ1) is 43.7. The van der Waals surface area contributed by atoms with E-state index in [-0.39, 0.29) is 0 Å². The molecular formula is C70H160O15Si5. The largest absolute Gasteiger partial charge is 0.500 e. The van der Waals surface area contributed by atoms with Gasteiger partial charge in [0.05, 0.1) is 0 Å². The van der Waals surface area contributed by atoms with E-state index in [0.717, 1.165) is 55.9 Å². The van der Waals surface area contributed by atoms with Gasteiger partial charge in [-0.15, -0.1) is 0 Å². The maximum atomic E-state index is 5.89. The molecule has 0 aliphatic rings. The number of rotatable bonds is 65. The zero-order chi connectivity index (χ0) is 68.5. The van der Waals surface area contributed by atoms with Gasteiger partial charge in [0, 0.05) is 132 Å². The van der Waals surface area contributed by atoms with E-state index in [1.165, 1.54) is 205 Å². The Labute approximate surface area is 567 Å². The molecule has 0 heterocycles. The second-order valence-corrected chi connectivity index (χ2v) is 37.6. The summed E-state index contributed by atoms with van der Waals surface area (Å²) in [5.74, 6) is 0. The highest BCUT2D eigenvalue weighted by Gasteiger charge is 2.42. The maximum absolute atomic E-state index is 5.89. The first-order valence-electron chi connectivity index (χ1n) is 37.8. The first-order valence-corrected chi connectivity index (χ1v) is 47.4. The zero-order valence-electron chi connectivity index (χ0n) is 64.0. The van der Waals surface area contributed by atoms with Gasteiger partial charge >= 0.3 is 44.0 Å². The van der Waals surface area contributed by atoms with Crippen LogP contribution >= 0.6 is 0 Å². The van der Waals surface area contributed by atoms with Gasteiger partial charge in [-0.3, -0.25) is 0 Å². The van der Waals surface area contributed by atoms with Crippen LogP contribution in [0.15, 0.2) is 0 Å². The van der Waals surface area contributed by atoms with E-state index in [1.807, 2.05) is 62.3 Å². The molecule has 0 aromatic heterocycles. The highest BCUT2D eigenvalue weighted by atomic mass is 28.4. The molecule has 0 N–H and O–H groups in total. The predicted octanol–water partition coefficient (Wildman–Crippen LogP) is 22.0. The molecule has 0 rings (SSSR count). The first kappa shape index (κ1) is 99.2. The smallest absolute Gasteiger partial charge is 0.377 e. The van der Waals surface area contributed by atoms with Crippen molar-refractivity contribution in [3.05, 3.63) is 0 Å². The molecule has 0 saturated carbocycles. The minimum atomic E-state index is -2.39. The van der Waals surface area contributed by atoms with Crippen LogP contribution in [0.2, 0.25) is 30.2 Å². The number of unbranched alkanes of at least 4 members (excludes halogenated alkanes) is 31. The van der Waals surface area contributed by atoms with Gasteiger partial charge < -0.3 is 66.4 Å². The van der Waals surface area contributed by atoms with Crippen molar-refractivity contribution in [3.63, 3.8) is 0 Å². The second kappa shape index (κ2) is 76.8. The molecule has 0 aliphatic heterocycles. The van der Waals surface area contributed by atoms with Crippen molar-refractivity contribution in [1.82, 2.24) is 0 Å². The van der Waals surface area contributed by atoms with Crippen molar-refractivity contribution < 1.29 is 66.4 Å². The quantitative estimate of drug-likeness (QED) is 0.0421. The molecule has 20 heteroatoms. The molecule has 0 spiro atoms. The SMILES string of the molecule is CCCCCCCCCCCC[Si](OC)(OC)OC.CCCCCCCCCCCC[Si](OCC)(OCC)OCC.CCCCCCCC[Si](OC)(OC)OC.CCCCCCCC[Si](OCC)(OCC)OCC.CCCCCC[Si](OCC)(OCC)OCC. The maximum Gasteiger partial charge on any atom is 0.500 e. The molecule has 0 saturated heterocycles. The van der Waals surface area contributed by atoms with Crippen LogP contribution in [0.5, 0.6) is 0 Å². The summed E-state index contributed by atoms with van der Waals surface area (Å²) < 4.78 is 84.8. The van der Waals surface area contributed by atoms with Gasteiger partial charge in [0.1, 0.15) is 0 Å². The van der Waals surface area contributed by atoms with Gasteiger partial charge in [-0.2, -0.15) is 0 Å². The minimum absolute atomic E-state index is 0.681. The Morgan fingerprint density at radius 2 is 0.256 bits per heavy atom. The fourth-order valence-corrected chi connectivity index (χ4v) is 22.4. The second-order valence-electron chi connectivity index (χ2n) is 23.2. The average molecular weight is 1380 g/mol. The van der Waals surface area contributed by atoms with Crippen LogP contribution in [-0.4, -0.2) is 146 Å². The van der Waals surface area contributed by atoms with Gasteiger partial charge in [-0.25, -0.2) is 0 Å². The van der Waals surface area contributed by atoms with E-state index in [4.69, 9.17) is 66.4 Å². The number of hydrogen-bond donors (Lipinski definition) is 0. The Balaban J connectivity index is -0.000000337. The highest BCUT2D eigenvalue weighted by molar-refractivity contribution is 6.62. The Bertz CT molecular complexity index is 1250. The molecule has 0 aliphatic carbocycles. The Hall–Kier alpha value is 0.484. The molecule has 15 nitrogen and oxygen atoms in total. The molecule has 0 amide bonds. The topological polar surface area (TPSA) is 138 Å². The summed E-state index contributed by atoms with van der Waals surface area (Å²) in [6.07, 6.45) is 47.4. The minimum Gasteiger partial charge on any atom is -0.377 e. The van der Waals surface area contributed by atoms with Gasteiger partial charge in [0.15, 0.2) is 0 Å². The molecule has 0 aromatic carbocycles. The monoisotopic (exact) mass is 1380 g/mol. The van der Waals surface area contributed by atoms with Crippen LogP contribution in [0.3, 0.4) is 0 Å². The van der Waals surface area contributed by atoms with E-state index >= 15 is 0 Å². The van der Waals surface area contributed by atoms with Gasteiger partial charge in [-0.1, -0.05) is 234 Å². The lowest BCUT2D eigenvalue weighted by atomic mass is 10.1. The molecule has 0 fully saturated rings.